The third kappa shape index (κ3) is 2.54. The van der Waals surface area contributed by atoms with E-state index in [9.17, 15) is 25.4 Å². The molecule has 126 valence electrons. The summed E-state index contributed by atoms with van der Waals surface area (Å²) < 4.78 is 5.42. The van der Waals surface area contributed by atoms with Gasteiger partial charge < -0.3 is 25.0 Å². The first-order valence-corrected chi connectivity index (χ1v) is 7.46. The van der Waals surface area contributed by atoms with E-state index in [1.54, 1.807) is 11.8 Å². The number of pyridine rings is 1. The van der Waals surface area contributed by atoms with Crippen LogP contribution in [0.4, 0.5) is 11.5 Å². The highest BCUT2D eigenvalue weighted by Gasteiger charge is 2.43. The molecule has 0 amide bonds. The predicted molar refractivity (Wildman–Crippen MR) is 79.4 cm³/mol. The van der Waals surface area contributed by atoms with Crippen molar-refractivity contribution in [3.63, 3.8) is 0 Å². The molecule has 3 N–H and O–H groups in total. The van der Waals surface area contributed by atoms with Gasteiger partial charge in [0, 0.05) is 17.7 Å². The Morgan fingerprint density at radius 1 is 1.39 bits per heavy atom. The first-order chi connectivity index (χ1) is 10.8. The van der Waals surface area contributed by atoms with Crippen LogP contribution in [0.1, 0.15) is 11.1 Å². The minimum absolute atomic E-state index is 0.131. The molecule has 3 rings (SSSR count). The van der Waals surface area contributed by atoms with Crippen LogP contribution >= 0.6 is 11.6 Å². The molecule has 0 bridgehead atoms. The van der Waals surface area contributed by atoms with Crippen LogP contribution < -0.4 is 4.90 Å². The molecule has 1 aromatic rings. The Morgan fingerprint density at radius 3 is 2.74 bits per heavy atom. The minimum atomic E-state index is -1.34. The second kappa shape index (κ2) is 5.84. The largest absolute Gasteiger partial charge is 0.388 e. The van der Waals surface area contributed by atoms with E-state index in [1.165, 1.54) is 0 Å². The fourth-order valence-corrected chi connectivity index (χ4v) is 3.37. The minimum Gasteiger partial charge on any atom is -0.388 e. The number of hydrogen-bond donors (Lipinski definition) is 3. The van der Waals surface area contributed by atoms with Gasteiger partial charge in [0.2, 0.25) is 5.15 Å². The molecule has 0 unspecified atom stereocenters. The molecule has 0 spiro atoms. The lowest BCUT2D eigenvalue weighted by atomic mass is 10.0. The molecular weight excluding hydrogens is 330 g/mol. The highest BCUT2D eigenvalue weighted by atomic mass is 35.5. The summed E-state index contributed by atoms with van der Waals surface area (Å²) in [5, 5.41) is 40.3. The monoisotopic (exact) mass is 345 g/mol. The van der Waals surface area contributed by atoms with E-state index in [0.717, 1.165) is 0 Å². The number of halogens is 1. The SMILES string of the molecule is Cc1c2c(nc(Cl)c1[N+](=O)[O-])N([C@@H]1OC[C@H](O)[C@H](O)[C@H]1O)CC2. The molecule has 4 atom stereocenters. The highest BCUT2D eigenvalue weighted by Crippen LogP contribution is 2.39. The highest BCUT2D eigenvalue weighted by molar-refractivity contribution is 6.31. The smallest absolute Gasteiger partial charge is 0.309 e. The summed E-state index contributed by atoms with van der Waals surface area (Å²) >= 11 is 5.93. The van der Waals surface area contributed by atoms with Gasteiger partial charge in [-0.15, -0.1) is 0 Å². The molecule has 0 radical (unpaired) electrons. The Morgan fingerprint density at radius 2 is 2.09 bits per heavy atom. The van der Waals surface area contributed by atoms with E-state index >= 15 is 0 Å². The average Bonchev–Trinajstić information content (AvgIpc) is 2.88. The first kappa shape index (κ1) is 16.3. The molecule has 0 saturated carbocycles. The zero-order valence-corrected chi connectivity index (χ0v) is 13.0. The van der Waals surface area contributed by atoms with E-state index in [4.69, 9.17) is 16.3 Å². The van der Waals surface area contributed by atoms with Gasteiger partial charge in [0.15, 0.2) is 6.23 Å². The van der Waals surface area contributed by atoms with Gasteiger partial charge in [0.05, 0.1) is 11.5 Å². The van der Waals surface area contributed by atoms with Crippen LogP contribution in [0.5, 0.6) is 0 Å². The van der Waals surface area contributed by atoms with Crippen LogP contribution in [-0.2, 0) is 11.2 Å². The van der Waals surface area contributed by atoms with Crippen molar-refractivity contribution in [1.29, 1.82) is 0 Å². The van der Waals surface area contributed by atoms with Crippen LogP contribution in [0.25, 0.3) is 0 Å². The number of fused-ring (bicyclic) bond motifs is 1. The van der Waals surface area contributed by atoms with E-state index in [0.29, 0.717) is 29.9 Å². The van der Waals surface area contributed by atoms with Gasteiger partial charge in [-0.1, -0.05) is 11.6 Å². The van der Waals surface area contributed by atoms with Crippen LogP contribution in [0.15, 0.2) is 0 Å². The maximum atomic E-state index is 11.1. The number of hydrogen-bond acceptors (Lipinski definition) is 8. The number of nitro groups is 1. The summed E-state index contributed by atoms with van der Waals surface area (Å²) in [6.45, 7) is 1.88. The van der Waals surface area contributed by atoms with E-state index in [-0.39, 0.29) is 17.4 Å². The Bertz CT molecular complexity index is 657. The number of rotatable bonds is 2. The van der Waals surface area contributed by atoms with Gasteiger partial charge in [-0.25, -0.2) is 4.98 Å². The van der Waals surface area contributed by atoms with Gasteiger partial charge in [-0.2, -0.15) is 0 Å². The number of aliphatic hydroxyl groups excluding tert-OH is 3. The van der Waals surface area contributed by atoms with Crippen LogP contribution in [0, 0.1) is 17.0 Å². The Kier molecular flexibility index (Phi) is 4.15. The molecule has 1 saturated heterocycles. The topological polar surface area (TPSA) is 129 Å². The van der Waals surface area contributed by atoms with Crippen molar-refractivity contribution in [2.75, 3.05) is 18.1 Å². The van der Waals surface area contributed by atoms with Gasteiger partial charge in [0.1, 0.15) is 24.1 Å². The molecule has 1 aromatic heterocycles. The second-order valence-electron chi connectivity index (χ2n) is 5.65. The lowest BCUT2D eigenvalue weighted by molar-refractivity contribution is -0.385. The molecule has 3 heterocycles. The Labute approximate surface area is 136 Å². The van der Waals surface area contributed by atoms with Crippen molar-refractivity contribution in [2.24, 2.45) is 0 Å². The molecule has 0 aromatic carbocycles. The van der Waals surface area contributed by atoms with Crippen LogP contribution in [0.2, 0.25) is 5.15 Å². The molecule has 23 heavy (non-hydrogen) atoms. The van der Waals surface area contributed by atoms with Crippen molar-refractivity contribution in [2.45, 2.75) is 37.9 Å². The van der Waals surface area contributed by atoms with Gasteiger partial charge >= 0.3 is 5.69 Å². The van der Waals surface area contributed by atoms with Gasteiger partial charge in [-0.05, 0) is 13.3 Å². The molecule has 1 fully saturated rings. The second-order valence-corrected chi connectivity index (χ2v) is 6.01. The Balaban J connectivity index is 1.98. The van der Waals surface area contributed by atoms with Crippen LogP contribution in [0.3, 0.4) is 0 Å². The van der Waals surface area contributed by atoms with E-state index in [2.05, 4.69) is 4.98 Å². The Hall–Kier alpha value is -1.52. The fraction of sp³-hybridized carbons (Fsp3) is 0.615. The summed E-state index contributed by atoms with van der Waals surface area (Å²) in [5.74, 6) is 0.394. The number of aromatic nitrogens is 1. The number of aliphatic hydroxyl groups is 3. The zero-order valence-electron chi connectivity index (χ0n) is 12.2. The summed E-state index contributed by atoms with van der Waals surface area (Å²) in [6.07, 6.45) is -4.26. The van der Waals surface area contributed by atoms with E-state index in [1.807, 2.05) is 0 Å². The van der Waals surface area contributed by atoms with Crippen molar-refractivity contribution in [3.8, 4) is 0 Å². The lowest BCUT2D eigenvalue weighted by Crippen LogP contribution is -2.59. The first-order valence-electron chi connectivity index (χ1n) is 7.08. The summed E-state index contributed by atoms with van der Waals surface area (Å²) in [5.41, 5.74) is 0.865. The maximum Gasteiger partial charge on any atom is 0.309 e. The normalized spacial score (nSPS) is 30.4. The number of anilines is 1. The third-order valence-electron chi connectivity index (χ3n) is 4.32. The molecule has 0 aliphatic carbocycles. The van der Waals surface area contributed by atoms with Gasteiger partial charge in [-0.3, -0.25) is 10.1 Å². The fourth-order valence-electron chi connectivity index (χ4n) is 3.08. The standard InChI is InChI=1S/C13H16ClN3O6/c1-5-6-2-3-16(12(6)15-11(14)8(5)17(21)22)13-10(20)9(19)7(18)4-23-13/h7,9-10,13,18-20H,2-4H2,1H3/t7-,9-,10+,13+/m0/s1. The molecule has 2 aliphatic heterocycles. The molecule has 10 heteroatoms. The molecule has 9 nitrogen and oxygen atoms in total. The van der Waals surface area contributed by atoms with Crippen molar-refractivity contribution >= 4 is 23.1 Å². The van der Waals surface area contributed by atoms with Crippen molar-refractivity contribution in [1.82, 2.24) is 4.98 Å². The van der Waals surface area contributed by atoms with E-state index < -0.39 is 29.5 Å². The lowest BCUT2D eigenvalue weighted by Gasteiger charge is -2.40. The quantitative estimate of drug-likeness (QED) is 0.380. The number of ether oxygens (including phenoxy) is 1. The maximum absolute atomic E-state index is 11.1. The van der Waals surface area contributed by atoms with Crippen LogP contribution in [-0.4, -0.2) is 62.9 Å². The summed E-state index contributed by atoms with van der Waals surface area (Å²) in [6, 6.07) is 0. The summed E-state index contributed by atoms with van der Waals surface area (Å²) in [4.78, 5) is 16.2. The summed E-state index contributed by atoms with van der Waals surface area (Å²) in [7, 11) is 0. The van der Waals surface area contributed by atoms with Gasteiger partial charge in [0.25, 0.3) is 0 Å². The zero-order chi connectivity index (χ0) is 16.9. The third-order valence-corrected chi connectivity index (χ3v) is 4.58. The van der Waals surface area contributed by atoms with Crippen molar-refractivity contribution in [3.05, 3.63) is 26.4 Å². The molecular formula is C13H16ClN3O6. The predicted octanol–water partition coefficient (Wildman–Crippen LogP) is -0.247. The number of nitrogens with zero attached hydrogens (tertiary/aromatic N) is 3. The average molecular weight is 346 g/mol. The molecule has 2 aliphatic rings. The van der Waals surface area contributed by atoms with Crippen molar-refractivity contribution < 1.29 is 25.0 Å².